The van der Waals surface area contributed by atoms with Gasteiger partial charge in [-0.15, -0.1) is 0 Å². The highest BCUT2D eigenvalue weighted by molar-refractivity contribution is 4.89. The highest BCUT2D eigenvalue weighted by atomic mass is 16.5. The molecule has 124 valence electrons. The van der Waals surface area contributed by atoms with Crippen LogP contribution >= 0.6 is 0 Å². The molecular weight excluding hydrogens is 268 g/mol. The molecule has 6 heteroatoms. The lowest BCUT2D eigenvalue weighted by molar-refractivity contribution is -0.0959. The first-order chi connectivity index (χ1) is 9.96. The number of ether oxygens (including phenoxy) is 1. The summed E-state index contributed by atoms with van der Waals surface area (Å²) in [7, 11) is 2.14. The number of rotatable bonds is 5. The van der Waals surface area contributed by atoms with Gasteiger partial charge in [-0.05, 0) is 33.2 Å². The Labute approximate surface area is 128 Å². The van der Waals surface area contributed by atoms with Gasteiger partial charge in [-0.25, -0.2) is 0 Å². The Kier molecular flexibility index (Phi) is 5.99. The van der Waals surface area contributed by atoms with Crippen LogP contribution < -0.4 is 11.5 Å². The van der Waals surface area contributed by atoms with Crippen molar-refractivity contribution in [2.45, 2.75) is 50.0 Å². The minimum atomic E-state index is -0.423. The van der Waals surface area contributed by atoms with Crippen LogP contribution in [0.1, 0.15) is 26.2 Å². The van der Waals surface area contributed by atoms with E-state index in [0.717, 1.165) is 38.9 Å². The molecule has 21 heavy (non-hydrogen) atoms. The van der Waals surface area contributed by atoms with E-state index in [4.69, 9.17) is 16.2 Å². The average molecular weight is 300 g/mol. The van der Waals surface area contributed by atoms with Crippen molar-refractivity contribution in [3.05, 3.63) is 0 Å². The Hall–Kier alpha value is -0.240. The second-order valence-electron chi connectivity index (χ2n) is 6.87. The van der Waals surface area contributed by atoms with E-state index in [-0.39, 0.29) is 17.7 Å². The number of hydrogen-bond donors (Lipinski definition) is 3. The highest BCUT2D eigenvalue weighted by Gasteiger charge is 2.35. The molecule has 2 heterocycles. The molecule has 6 nitrogen and oxygen atoms in total. The fourth-order valence-electron chi connectivity index (χ4n) is 3.21. The lowest BCUT2D eigenvalue weighted by Crippen LogP contribution is -2.55. The topological polar surface area (TPSA) is 88.0 Å². The third-order valence-electron chi connectivity index (χ3n) is 5.19. The van der Waals surface area contributed by atoms with Gasteiger partial charge >= 0.3 is 0 Å². The summed E-state index contributed by atoms with van der Waals surface area (Å²) >= 11 is 0. The molecule has 5 N–H and O–H groups in total. The summed E-state index contributed by atoms with van der Waals surface area (Å²) < 4.78 is 6.24. The van der Waals surface area contributed by atoms with Crippen LogP contribution in [0.15, 0.2) is 0 Å². The summed E-state index contributed by atoms with van der Waals surface area (Å²) in [4.78, 5) is 4.59. The van der Waals surface area contributed by atoms with Gasteiger partial charge in [0.2, 0.25) is 0 Å². The standard InChI is InChI=1S/C15H32N4O2/c1-12(19-6-3-13(17)14(20)9-19)10-21-15(11-16)4-7-18(2)8-5-15/h12-14,20H,3-11,16-17H2,1-2H3/t12?,13-,14+/m0/s1. The molecule has 0 saturated carbocycles. The molecule has 0 aliphatic carbocycles. The maximum absolute atomic E-state index is 9.91. The quantitative estimate of drug-likeness (QED) is 0.617. The Morgan fingerprint density at radius 3 is 2.57 bits per heavy atom. The molecule has 2 rings (SSSR count). The molecule has 2 saturated heterocycles. The Bertz CT molecular complexity index is 321. The molecule has 0 spiro atoms. The number of aliphatic hydroxyl groups excluding tert-OH is 1. The Morgan fingerprint density at radius 2 is 2.00 bits per heavy atom. The number of hydrogen-bond acceptors (Lipinski definition) is 6. The van der Waals surface area contributed by atoms with E-state index in [0.29, 0.717) is 19.7 Å². The molecule has 0 aromatic heterocycles. The number of likely N-dealkylation sites (tertiary alicyclic amines) is 2. The lowest BCUT2D eigenvalue weighted by Gasteiger charge is -2.42. The van der Waals surface area contributed by atoms with Crippen LogP contribution in [0.2, 0.25) is 0 Å². The molecule has 0 bridgehead atoms. The SMILES string of the molecule is CC(COC1(CN)CCN(C)CC1)N1CC[C@H](N)[C@H](O)C1. The van der Waals surface area contributed by atoms with Crippen LogP contribution in [0.25, 0.3) is 0 Å². The number of nitrogens with zero attached hydrogens (tertiary/aromatic N) is 2. The fourth-order valence-corrected chi connectivity index (χ4v) is 3.21. The molecule has 2 aliphatic rings. The van der Waals surface area contributed by atoms with Gasteiger partial charge < -0.3 is 26.2 Å². The van der Waals surface area contributed by atoms with Crippen molar-refractivity contribution in [3.63, 3.8) is 0 Å². The summed E-state index contributed by atoms with van der Waals surface area (Å²) in [5.41, 5.74) is 11.7. The zero-order chi connectivity index (χ0) is 15.5. The molecule has 3 atom stereocenters. The Morgan fingerprint density at radius 1 is 1.33 bits per heavy atom. The van der Waals surface area contributed by atoms with Crippen molar-refractivity contribution in [2.24, 2.45) is 11.5 Å². The van der Waals surface area contributed by atoms with E-state index < -0.39 is 6.10 Å². The number of aliphatic hydroxyl groups is 1. The molecule has 2 fully saturated rings. The maximum Gasteiger partial charge on any atom is 0.0829 e. The van der Waals surface area contributed by atoms with Gasteiger partial charge in [-0.3, -0.25) is 4.90 Å². The van der Waals surface area contributed by atoms with Crippen molar-refractivity contribution < 1.29 is 9.84 Å². The minimum absolute atomic E-state index is 0.0846. The van der Waals surface area contributed by atoms with Gasteiger partial charge in [0, 0.05) is 44.8 Å². The smallest absolute Gasteiger partial charge is 0.0829 e. The van der Waals surface area contributed by atoms with Crippen LogP contribution in [0.5, 0.6) is 0 Å². The number of nitrogens with two attached hydrogens (primary N) is 2. The average Bonchev–Trinajstić information content (AvgIpc) is 2.49. The summed E-state index contributed by atoms with van der Waals surface area (Å²) in [6, 6.07) is 0.203. The van der Waals surface area contributed by atoms with E-state index in [2.05, 4.69) is 23.8 Å². The second kappa shape index (κ2) is 7.35. The van der Waals surface area contributed by atoms with Crippen LogP contribution in [0, 0.1) is 0 Å². The maximum atomic E-state index is 9.91. The van der Waals surface area contributed by atoms with E-state index in [1.54, 1.807) is 0 Å². The van der Waals surface area contributed by atoms with E-state index >= 15 is 0 Å². The zero-order valence-electron chi connectivity index (χ0n) is 13.5. The first kappa shape index (κ1) is 17.1. The zero-order valence-corrected chi connectivity index (χ0v) is 13.5. The molecule has 2 aliphatic heterocycles. The van der Waals surface area contributed by atoms with Gasteiger partial charge in [0.1, 0.15) is 0 Å². The van der Waals surface area contributed by atoms with E-state index in [1.807, 2.05) is 0 Å². The van der Waals surface area contributed by atoms with Crippen LogP contribution in [0.4, 0.5) is 0 Å². The third-order valence-corrected chi connectivity index (χ3v) is 5.19. The van der Waals surface area contributed by atoms with Crippen molar-refractivity contribution in [2.75, 3.05) is 46.4 Å². The van der Waals surface area contributed by atoms with Crippen LogP contribution in [-0.2, 0) is 4.74 Å². The monoisotopic (exact) mass is 300 g/mol. The minimum Gasteiger partial charge on any atom is -0.390 e. The summed E-state index contributed by atoms with van der Waals surface area (Å²) in [6.07, 6.45) is 2.42. The van der Waals surface area contributed by atoms with Crippen molar-refractivity contribution in [1.29, 1.82) is 0 Å². The number of β-amino-alcohol motifs (C(OH)–C–C–N with tert-alkyl or cyclic N) is 1. The fraction of sp³-hybridized carbons (Fsp3) is 1.00. The molecule has 0 aromatic carbocycles. The van der Waals surface area contributed by atoms with E-state index in [9.17, 15) is 5.11 Å². The van der Waals surface area contributed by atoms with E-state index in [1.165, 1.54) is 0 Å². The van der Waals surface area contributed by atoms with Crippen LogP contribution in [0.3, 0.4) is 0 Å². The van der Waals surface area contributed by atoms with Gasteiger partial charge in [0.25, 0.3) is 0 Å². The lowest BCUT2D eigenvalue weighted by atomic mass is 9.91. The highest BCUT2D eigenvalue weighted by Crippen LogP contribution is 2.25. The predicted molar refractivity (Wildman–Crippen MR) is 84.1 cm³/mol. The van der Waals surface area contributed by atoms with Crippen LogP contribution in [-0.4, -0.2) is 85.1 Å². The molecule has 0 radical (unpaired) electrons. The third kappa shape index (κ3) is 4.37. The summed E-state index contributed by atoms with van der Waals surface area (Å²) in [5.74, 6) is 0. The van der Waals surface area contributed by atoms with Gasteiger partial charge in [0.05, 0.1) is 18.3 Å². The van der Waals surface area contributed by atoms with Crippen molar-refractivity contribution >= 4 is 0 Å². The second-order valence-corrected chi connectivity index (χ2v) is 6.87. The largest absolute Gasteiger partial charge is 0.390 e. The summed E-state index contributed by atoms with van der Waals surface area (Å²) in [5, 5.41) is 9.91. The molecular formula is C15H32N4O2. The van der Waals surface area contributed by atoms with Crippen molar-refractivity contribution in [3.8, 4) is 0 Å². The molecule has 0 aromatic rings. The van der Waals surface area contributed by atoms with Crippen molar-refractivity contribution in [1.82, 2.24) is 9.80 Å². The van der Waals surface area contributed by atoms with Gasteiger partial charge in [-0.2, -0.15) is 0 Å². The van der Waals surface area contributed by atoms with Gasteiger partial charge in [0.15, 0.2) is 0 Å². The van der Waals surface area contributed by atoms with Gasteiger partial charge in [-0.1, -0.05) is 0 Å². The predicted octanol–water partition coefficient (Wildman–Crippen LogP) is -0.791. The summed E-state index contributed by atoms with van der Waals surface area (Å²) in [6.45, 7) is 7.07. The Balaban J connectivity index is 1.81. The molecule has 0 amide bonds. The molecule has 1 unspecified atom stereocenters. The first-order valence-electron chi connectivity index (χ1n) is 8.16. The first-order valence-corrected chi connectivity index (χ1v) is 8.16. The number of piperidine rings is 2. The normalized spacial score (nSPS) is 33.0.